The van der Waals surface area contributed by atoms with E-state index in [0.29, 0.717) is 11.8 Å². The predicted octanol–water partition coefficient (Wildman–Crippen LogP) is 7.16. The zero-order chi connectivity index (χ0) is 21.0. The molecule has 11 heteroatoms. The molecule has 0 saturated heterocycles. The van der Waals surface area contributed by atoms with Crippen LogP contribution in [0.15, 0.2) is 48.5 Å². The average molecular weight is 491 g/mol. The van der Waals surface area contributed by atoms with Crippen molar-refractivity contribution in [1.82, 2.24) is 0 Å². The van der Waals surface area contributed by atoms with Crippen molar-refractivity contribution in [3.05, 3.63) is 59.7 Å². The van der Waals surface area contributed by atoms with Gasteiger partial charge in [-0.1, -0.05) is 15.9 Å². The standard InChI is InChI=1S/C17H14BrF6O3P/c18-10-1-11-28(25,26-14-6-2-12(3-7-14)16(19,20)21)27-15-8-4-13(5-9-15)17(22,23)24/h2-9H,1,10-11H2. The Hall–Kier alpha value is -1.67. The molecule has 0 N–H and O–H groups in total. The summed E-state index contributed by atoms with van der Waals surface area (Å²) in [5.74, 6) is -0.226. The molecule has 0 heterocycles. The van der Waals surface area contributed by atoms with E-state index in [1.165, 1.54) is 0 Å². The van der Waals surface area contributed by atoms with Gasteiger partial charge in [0.05, 0.1) is 17.3 Å². The minimum absolute atomic E-state index is 0.0969. The summed E-state index contributed by atoms with van der Waals surface area (Å²) in [5, 5.41) is 0.448. The summed E-state index contributed by atoms with van der Waals surface area (Å²) in [6.45, 7) is 0. The van der Waals surface area contributed by atoms with E-state index in [1.54, 1.807) is 0 Å². The van der Waals surface area contributed by atoms with Crippen LogP contribution in [-0.2, 0) is 16.9 Å². The van der Waals surface area contributed by atoms with Gasteiger partial charge in [0.15, 0.2) is 0 Å². The first kappa shape index (κ1) is 22.6. The molecule has 0 aliphatic heterocycles. The Morgan fingerprint density at radius 2 is 1.11 bits per heavy atom. The molecule has 0 unspecified atom stereocenters. The molecule has 0 spiro atoms. The molecule has 0 radical (unpaired) electrons. The van der Waals surface area contributed by atoms with E-state index in [2.05, 4.69) is 15.9 Å². The first-order chi connectivity index (χ1) is 12.9. The van der Waals surface area contributed by atoms with E-state index in [0.717, 1.165) is 48.5 Å². The largest absolute Gasteiger partial charge is 0.430 e. The van der Waals surface area contributed by atoms with Crippen LogP contribution < -0.4 is 9.05 Å². The summed E-state index contributed by atoms with van der Waals surface area (Å²) in [6.07, 6.45) is -8.82. The van der Waals surface area contributed by atoms with E-state index < -0.39 is 31.1 Å². The Balaban J connectivity index is 2.20. The van der Waals surface area contributed by atoms with Crippen LogP contribution in [0.1, 0.15) is 17.5 Å². The second kappa shape index (κ2) is 8.78. The zero-order valence-corrected chi connectivity index (χ0v) is 16.5. The number of halogens is 7. The first-order valence-electron chi connectivity index (χ1n) is 7.82. The van der Waals surface area contributed by atoms with Gasteiger partial charge in [0.1, 0.15) is 11.5 Å². The quantitative estimate of drug-likeness (QED) is 0.234. The third-order valence-electron chi connectivity index (χ3n) is 3.42. The molecule has 0 saturated carbocycles. The minimum atomic E-state index is -4.53. The van der Waals surface area contributed by atoms with Gasteiger partial charge in [-0.15, -0.1) is 0 Å². The second-order valence-corrected chi connectivity index (χ2v) is 8.43. The summed E-state index contributed by atoms with van der Waals surface area (Å²) < 4.78 is 99.3. The zero-order valence-electron chi connectivity index (χ0n) is 14.1. The van der Waals surface area contributed by atoms with Crippen molar-refractivity contribution < 1.29 is 40.0 Å². The van der Waals surface area contributed by atoms with Gasteiger partial charge in [0, 0.05) is 5.33 Å². The molecule has 0 aliphatic carbocycles. The van der Waals surface area contributed by atoms with Crippen LogP contribution in [-0.4, -0.2) is 11.5 Å². The van der Waals surface area contributed by atoms with Crippen LogP contribution in [0.5, 0.6) is 11.5 Å². The fourth-order valence-corrected chi connectivity index (χ4v) is 4.46. The van der Waals surface area contributed by atoms with Crippen LogP contribution in [0.3, 0.4) is 0 Å². The fourth-order valence-electron chi connectivity index (χ4n) is 2.09. The highest BCUT2D eigenvalue weighted by atomic mass is 79.9. The summed E-state index contributed by atoms with van der Waals surface area (Å²) in [7, 11) is -3.88. The lowest BCUT2D eigenvalue weighted by Crippen LogP contribution is -2.08. The molecular weight excluding hydrogens is 477 g/mol. The number of benzene rings is 2. The van der Waals surface area contributed by atoms with E-state index in [1.807, 2.05) is 0 Å². The molecule has 2 rings (SSSR count). The van der Waals surface area contributed by atoms with Crippen LogP contribution in [0.2, 0.25) is 0 Å². The maximum atomic E-state index is 13.0. The highest BCUT2D eigenvalue weighted by Gasteiger charge is 2.33. The predicted molar refractivity (Wildman–Crippen MR) is 95.0 cm³/mol. The van der Waals surface area contributed by atoms with E-state index >= 15 is 0 Å². The van der Waals surface area contributed by atoms with E-state index in [4.69, 9.17) is 9.05 Å². The molecule has 0 bridgehead atoms. The Kier molecular flexibility index (Phi) is 7.09. The van der Waals surface area contributed by atoms with Gasteiger partial charge in [-0.3, -0.25) is 0 Å². The van der Waals surface area contributed by atoms with Crippen molar-refractivity contribution in [2.24, 2.45) is 0 Å². The first-order valence-corrected chi connectivity index (χ1v) is 10.7. The lowest BCUT2D eigenvalue weighted by Gasteiger charge is -2.20. The molecule has 0 fully saturated rings. The van der Waals surface area contributed by atoms with Gasteiger partial charge < -0.3 is 9.05 Å². The SMILES string of the molecule is O=P(CCCBr)(Oc1ccc(C(F)(F)F)cc1)Oc1ccc(C(F)(F)F)cc1. The van der Waals surface area contributed by atoms with Crippen molar-refractivity contribution in [2.45, 2.75) is 18.8 Å². The van der Waals surface area contributed by atoms with Gasteiger partial charge in [0.2, 0.25) is 0 Å². The Bertz CT molecular complexity index is 755. The number of hydrogen-bond donors (Lipinski definition) is 0. The summed E-state index contributed by atoms with van der Waals surface area (Å²) in [4.78, 5) is 0. The summed E-state index contributed by atoms with van der Waals surface area (Å²) >= 11 is 3.15. The third kappa shape index (κ3) is 6.44. The van der Waals surface area contributed by atoms with Crippen molar-refractivity contribution in [1.29, 1.82) is 0 Å². The molecule has 0 atom stereocenters. The average Bonchev–Trinajstić information content (AvgIpc) is 2.59. The van der Waals surface area contributed by atoms with Crippen LogP contribution in [0.25, 0.3) is 0 Å². The monoisotopic (exact) mass is 490 g/mol. The normalized spacial score (nSPS) is 12.7. The van der Waals surface area contributed by atoms with Crippen molar-refractivity contribution in [3.8, 4) is 11.5 Å². The number of hydrogen-bond acceptors (Lipinski definition) is 3. The summed E-state index contributed by atoms with van der Waals surface area (Å²) in [6, 6.07) is 7.06. The van der Waals surface area contributed by atoms with Crippen LogP contribution in [0, 0.1) is 0 Å². The number of rotatable bonds is 7. The topological polar surface area (TPSA) is 35.5 Å². The van der Waals surface area contributed by atoms with Crippen molar-refractivity contribution >= 4 is 23.5 Å². The van der Waals surface area contributed by atoms with Gasteiger partial charge in [0.25, 0.3) is 0 Å². The van der Waals surface area contributed by atoms with Gasteiger partial charge >= 0.3 is 19.9 Å². The van der Waals surface area contributed by atoms with Gasteiger partial charge in [-0.05, 0) is 55.0 Å². The Labute approximate surface area is 165 Å². The molecule has 28 heavy (non-hydrogen) atoms. The molecule has 2 aromatic carbocycles. The van der Waals surface area contributed by atoms with E-state index in [-0.39, 0.29) is 17.7 Å². The minimum Gasteiger partial charge on any atom is -0.416 e. The van der Waals surface area contributed by atoms with Crippen LogP contribution >= 0.6 is 23.5 Å². The highest BCUT2D eigenvalue weighted by molar-refractivity contribution is 9.09. The van der Waals surface area contributed by atoms with Crippen molar-refractivity contribution in [2.75, 3.05) is 11.5 Å². The van der Waals surface area contributed by atoms with Crippen molar-refractivity contribution in [3.63, 3.8) is 0 Å². The Morgan fingerprint density at radius 3 is 1.39 bits per heavy atom. The third-order valence-corrected chi connectivity index (χ3v) is 5.82. The highest BCUT2D eigenvalue weighted by Crippen LogP contribution is 2.49. The maximum absolute atomic E-state index is 13.0. The molecular formula is C17H14BrF6O3P. The summed E-state index contributed by atoms with van der Waals surface area (Å²) in [5.41, 5.74) is -1.81. The molecule has 0 aromatic heterocycles. The fraction of sp³-hybridized carbons (Fsp3) is 0.294. The van der Waals surface area contributed by atoms with Gasteiger partial charge in [-0.2, -0.15) is 26.3 Å². The molecule has 0 amide bonds. The lowest BCUT2D eigenvalue weighted by molar-refractivity contribution is -0.138. The lowest BCUT2D eigenvalue weighted by atomic mass is 10.2. The molecule has 2 aromatic rings. The molecule has 3 nitrogen and oxygen atoms in total. The Morgan fingerprint density at radius 1 is 0.750 bits per heavy atom. The smallest absolute Gasteiger partial charge is 0.416 e. The maximum Gasteiger partial charge on any atom is 0.430 e. The second-order valence-electron chi connectivity index (χ2n) is 5.60. The molecule has 154 valence electrons. The molecule has 0 aliphatic rings. The van der Waals surface area contributed by atoms with Gasteiger partial charge in [-0.25, -0.2) is 4.57 Å². The van der Waals surface area contributed by atoms with E-state index in [9.17, 15) is 30.9 Å². The number of alkyl halides is 7. The van der Waals surface area contributed by atoms with Crippen LogP contribution in [0.4, 0.5) is 26.3 Å².